The summed E-state index contributed by atoms with van der Waals surface area (Å²) in [4.78, 5) is 240. The fourth-order valence-electron chi connectivity index (χ4n) is 12.1. The number of guanidine groups is 1. The van der Waals surface area contributed by atoms with Crippen LogP contribution in [0.1, 0.15) is 164 Å². The van der Waals surface area contributed by atoms with Crippen molar-refractivity contribution in [3.63, 3.8) is 0 Å². The Balaban J connectivity index is 2.45. The average Bonchev–Trinajstić information content (AvgIpc) is 1.20. The van der Waals surface area contributed by atoms with E-state index in [1.807, 2.05) is 0 Å². The van der Waals surface area contributed by atoms with Crippen molar-refractivity contribution < 1.29 is 112 Å². The molecule has 0 bridgehead atoms. The van der Waals surface area contributed by atoms with Crippen molar-refractivity contribution in [2.24, 2.45) is 52.5 Å². The zero-order valence-electron chi connectivity index (χ0n) is 70.8. The molecule has 0 aliphatic rings. The van der Waals surface area contributed by atoms with Gasteiger partial charge in [0.2, 0.25) is 88.6 Å². The molecule has 45 heteroatoms. The van der Waals surface area contributed by atoms with Crippen LogP contribution < -0.4 is 103 Å². The number of carboxylic acid groups (broad SMARTS) is 2. The maximum absolute atomic E-state index is 14.6. The van der Waals surface area contributed by atoms with E-state index in [0.717, 1.165) is 0 Å². The number of nitrogens with zero attached hydrogens (tertiary/aromatic N) is 1. The van der Waals surface area contributed by atoms with Crippen LogP contribution in [0.15, 0.2) is 36.8 Å². The highest BCUT2D eigenvalue weighted by Gasteiger charge is 2.40. The van der Waals surface area contributed by atoms with Crippen molar-refractivity contribution in [2.45, 2.75) is 257 Å². The highest BCUT2D eigenvalue weighted by molar-refractivity contribution is 6.01. The molecule has 31 N–H and O–H groups in total. The van der Waals surface area contributed by atoms with Crippen LogP contribution in [0, 0.1) is 35.0 Å². The third-order valence-electron chi connectivity index (χ3n) is 19.1. The molecule has 0 aliphatic heterocycles. The first kappa shape index (κ1) is 106. The van der Waals surface area contributed by atoms with Gasteiger partial charge in [-0.25, -0.2) is 9.78 Å². The van der Waals surface area contributed by atoms with Gasteiger partial charge in [0.25, 0.3) is 0 Å². The zero-order valence-corrected chi connectivity index (χ0v) is 70.8. The van der Waals surface area contributed by atoms with E-state index in [2.05, 4.69) is 89.7 Å². The van der Waals surface area contributed by atoms with Crippen LogP contribution in [-0.4, -0.2) is 271 Å². The molecule has 45 nitrogen and oxygen atoms in total. The summed E-state index contributed by atoms with van der Waals surface area (Å²) in [5.41, 5.74) is 23.6. The lowest BCUT2D eigenvalue weighted by Gasteiger charge is -2.30. The second-order valence-electron chi connectivity index (χ2n) is 31.4. The SMILES string of the molecule is CC[C@H](C)[C@H](NC(=O)[C@H](CCC(N)=O)NC(=O)[C@H](CCCCN)NC(=O)[C@H](C)NC(=O)[C@@H](N)Cc1ccc(O)cc1)C(=O)N[C@@H](Cc1c[nH]cn1)C(=O)N[C@@H](CO)C(=O)N[C@@H](CCCNC(=N)N)C(=O)N[C@H](C(=O)N[C@@H](CC(=O)O)C(=O)N[C@@H](CO)C(=O)N[C@@H](CO)C(=O)N[C@@H](CC(C)C)C(=O)N[C@@H](CC(C)C)C(=O)N[C@@H](CC(C)C)C(=O)O)C(C)C. The second kappa shape index (κ2) is 54.5. The van der Waals surface area contributed by atoms with Crippen molar-refractivity contribution in [3.8, 4) is 5.75 Å². The number of benzene rings is 1. The van der Waals surface area contributed by atoms with Crippen LogP contribution in [0.25, 0.3) is 0 Å². The fourth-order valence-corrected chi connectivity index (χ4v) is 12.1. The predicted octanol–water partition coefficient (Wildman–Crippen LogP) is -6.93. The molecule has 0 saturated heterocycles. The molecular weight excluding hydrogens is 1600 g/mol. The van der Waals surface area contributed by atoms with Gasteiger partial charge in [-0.1, -0.05) is 87.8 Å². The Morgan fingerprint density at radius 1 is 0.451 bits per heavy atom. The number of nitrogens with one attached hydrogen (secondary N) is 17. The van der Waals surface area contributed by atoms with E-state index in [-0.39, 0.29) is 100 Å². The minimum absolute atomic E-state index is 0.00683. The van der Waals surface area contributed by atoms with E-state index in [1.165, 1.54) is 45.4 Å². The van der Waals surface area contributed by atoms with Gasteiger partial charge >= 0.3 is 11.9 Å². The van der Waals surface area contributed by atoms with Crippen LogP contribution in [0.3, 0.4) is 0 Å². The van der Waals surface area contributed by atoms with Crippen LogP contribution in [-0.2, 0) is 94.3 Å². The number of aliphatic hydroxyl groups is 3. The number of primary amides is 1. The van der Waals surface area contributed by atoms with Crippen molar-refractivity contribution >= 4 is 107 Å². The molecule has 0 fully saturated rings. The first-order valence-corrected chi connectivity index (χ1v) is 40.4. The lowest BCUT2D eigenvalue weighted by atomic mass is 9.96. The quantitative estimate of drug-likeness (QED) is 0.0166. The Morgan fingerprint density at radius 3 is 1.28 bits per heavy atom. The minimum atomic E-state index is -2.11. The van der Waals surface area contributed by atoms with Gasteiger partial charge < -0.3 is 138 Å². The Kier molecular flexibility index (Phi) is 47.6. The number of carboxylic acids is 2. The van der Waals surface area contributed by atoms with Gasteiger partial charge in [-0.2, -0.15) is 0 Å². The number of H-pyrrole nitrogens is 1. The third-order valence-corrected chi connectivity index (χ3v) is 19.1. The number of nitrogens with two attached hydrogens (primary N) is 4. The van der Waals surface area contributed by atoms with Crippen molar-refractivity contribution in [3.05, 3.63) is 48.0 Å². The van der Waals surface area contributed by atoms with E-state index < -0.39 is 254 Å². The zero-order chi connectivity index (χ0) is 92.4. The molecule has 0 saturated carbocycles. The summed E-state index contributed by atoms with van der Waals surface area (Å²) in [7, 11) is 0. The number of aromatic amines is 1. The van der Waals surface area contributed by atoms with Crippen molar-refractivity contribution in [1.82, 2.24) is 89.7 Å². The summed E-state index contributed by atoms with van der Waals surface area (Å²) in [6, 6.07) is -18.1. The number of imidazole rings is 1. The first-order chi connectivity index (χ1) is 57.3. The Bertz CT molecular complexity index is 3810. The van der Waals surface area contributed by atoms with E-state index >= 15 is 0 Å². The molecule has 122 heavy (non-hydrogen) atoms. The van der Waals surface area contributed by atoms with Crippen molar-refractivity contribution in [2.75, 3.05) is 32.9 Å². The summed E-state index contributed by atoms with van der Waals surface area (Å²) in [6.45, 7) is 14.3. The molecular formula is C77H128N22O23. The van der Waals surface area contributed by atoms with E-state index in [4.69, 9.17) is 28.3 Å². The number of phenolic OH excluding ortho intramolecular Hbond substituents is 1. The third kappa shape index (κ3) is 39.2. The molecule has 0 radical (unpaired) electrons. The predicted molar refractivity (Wildman–Crippen MR) is 439 cm³/mol. The van der Waals surface area contributed by atoms with E-state index in [9.17, 15) is 112 Å². The van der Waals surface area contributed by atoms with Crippen molar-refractivity contribution in [1.29, 1.82) is 5.41 Å². The molecule has 1 aromatic carbocycles. The molecule has 684 valence electrons. The van der Waals surface area contributed by atoms with Crippen LogP contribution in [0.4, 0.5) is 0 Å². The number of rotatable bonds is 58. The lowest BCUT2D eigenvalue weighted by molar-refractivity contribution is -0.143. The number of aromatic hydroxyl groups is 1. The van der Waals surface area contributed by atoms with E-state index in [0.29, 0.717) is 12.0 Å². The highest BCUT2D eigenvalue weighted by Crippen LogP contribution is 2.17. The number of carbonyl (C=O) groups excluding carboxylic acids is 15. The number of aliphatic hydroxyl groups excluding tert-OH is 3. The summed E-state index contributed by atoms with van der Waals surface area (Å²) in [5, 5.41) is 105. The molecule has 2 rings (SSSR count). The molecule has 0 aliphatic carbocycles. The van der Waals surface area contributed by atoms with Crippen LogP contribution >= 0.6 is 0 Å². The number of phenols is 1. The minimum Gasteiger partial charge on any atom is -0.508 e. The summed E-state index contributed by atoms with van der Waals surface area (Å²) >= 11 is 0. The average molecular weight is 1730 g/mol. The Labute approximate surface area is 707 Å². The van der Waals surface area contributed by atoms with E-state index in [1.54, 1.807) is 67.5 Å². The van der Waals surface area contributed by atoms with Gasteiger partial charge in [0.05, 0.1) is 44.3 Å². The summed E-state index contributed by atoms with van der Waals surface area (Å²) < 4.78 is 0. The normalized spacial score (nSPS) is 15.2. The number of amides is 15. The number of hydrogen-bond acceptors (Lipinski definition) is 25. The Morgan fingerprint density at radius 2 is 0.844 bits per heavy atom. The molecule has 16 atom stereocenters. The number of aromatic nitrogens is 2. The first-order valence-electron chi connectivity index (χ1n) is 40.4. The highest BCUT2D eigenvalue weighted by atomic mass is 16.4. The monoisotopic (exact) mass is 1730 g/mol. The van der Waals surface area contributed by atoms with Gasteiger partial charge in [-0.3, -0.25) is 82.1 Å². The lowest BCUT2D eigenvalue weighted by Crippen LogP contribution is -2.62. The fraction of sp³-hybridized carbons (Fsp3) is 0.649. The molecule has 1 aromatic heterocycles. The smallest absolute Gasteiger partial charge is 0.326 e. The number of unbranched alkanes of at least 4 members (excludes halogenated alkanes) is 1. The Hall–Kier alpha value is -11.7. The molecule has 15 amide bonds. The number of aliphatic carboxylic acids is 2. The van der Waals surface area contributed by atoms with Crippen LogP contribution in [0.5, 0.6) is 5.75 Å². The van der Waals surface area contributed by atoms with Gasteiger partial charge in [0.1, 0.15) is 90.3 Å². The summed E-state index contributed by atoms with van der Waals surface area (Å²) in [6.07, 6.45) is 0.551. The maximum Gasteiger partial charge on any atom is 0.326 e. The molecule has 0 spiro atoms. The summed E-state index contributed by atoms with van der Waals surface area (Å²) in [5.74, 6) is -21.7. The molecule has 1 heterocycles. The largest absolute Gasteiger partial charge is 0.508 e. The van der Waals surface area contributed by atoms with Gasteiger partial charge in [-0.15, -0.1) is 0 Å². The van der Waals surface area contributed by atoms with Gasteiger partial charge in [-0.05, 0) is 125 Å². The van der Waals surface area contributed by atoms with Crippen LogP contribution in [0.2, 0.25) is 0 Å². The topological polar surface area (TPSA) is 749 Å². The van der Waals surface area contributed by atoms with Gasteiger partial charge in [0, 0.05) is 25.6 Å². The molecule has 0 unspecified atom stereocenters. The number of hydrogen-bond donors (Lipinski definition) is 27. The molecule has 2 aromatic rings. The second-order valence-corrected chi connectivity index (χ2v) is 31.4. The standard InChI is InChI=1S/C77H128N22O23/c1-12-41(10)61(99-66(111)49(22-23-58(80)104)89-64(109)47(16-13-14-24-78)87-62(107)42(11)86-63(108)46(79)29-43-18-20-45(103)21-19-43)75(120)92-52(30-44-32-83-36-85-44)69(114)95-55(33-100)71(116)88-48(17-15-25-84-77(81)82)65(110)98-60(40(8)9)74(119)93-53(31-59(105)106)70(115)96-57(35-102)73(118)97-56(34-101)72(117)91-50(26-37(2)3)67(112)90-51(27-38(4)5)68(113)94-54(76(121)122)28-39(6)7/h18-21,32,36-42,46-57,60-61,100-103H,12-17,22-31,33-35,78-79H2,1-11H3,(H2,80,104)(H,83,85)(H,86,108)(H,87,107)(H,88,116)(H,89,109)(H,90,112)(H,91,117)(H,92,120)(H,93,119)(H,94,113)(H,95,114)(H,96,115)(H,97,118)(H,98,110)(H,99,111)(H,105,106)(H,121,122)(H4,81,82,84)/t41-,42-,46-,47-,48-,49-,50-,51-,52-,53-,54-,55-,56-,57-,60-,61-/m0/s1. The number of carbonyl (C=O) groups is 17. The van der Waals surface area contributed by atoms with Gasteiger partial charge in [0.15, 0.2) is 5.96 Å². The maximum atomic E-state index is 14.6.